The zero-order valence-electron chi connectivity index (χ0n) is 15.9. The first-order valence-electron chi connectivity index (χ1n) is 10.1. The first-order chi connectivity index (χ1) is 12.4. The maximum absolute atomic E-state index is 5.99. The van der Waals surface area contributed by atoms with Crippen molar-refractivity contribution in [1.82, 2.24) is 10.6 Å². The molecule has 2 rings (SSSR count). The van der Waals surface area contributed by atoms with Crippen LogP contribution in [0.15, 0.2) is 4.99 Å². The fourth-order valence-electron chi connectivity index (χ4n) is 3.37. The predicted molar refractivity (Wildman–Crippen MR) is 101 cm³/mol. The number of hydrogen-bond acceptors (Lipinski definition) is 4. The third-order valence-corrected chi connectivity index (χ3v) is 4.91. The molecule has 0 radical (unpaired) electrons. The van der Waals surface area contributed by atoms with E-state index in [0.29, 0.717) is 12.0 Å². The molecule has 2 N–H and O–H groups in total. The summed E-state index contributed by atoms with van der Waals surface area (Å²) in [6.45, 7) is 5.77. The fraction of sp³-hybridized carbons (Fsp3) is 0.947. The summed E-state index contributed by atoms with van der Waals surface area (Å²) in [4.78, 5) is 4.25. The Morgan fingerprint density at radius 2 is 1.84 bits per heavy atom. The van der Waals surface area contributed by atoms with Crippen molar-refractivity contribution < 1.29 is 14.2 Å². The second-order valence-electron chi connectivity index (χ2n) is 7.07. The third kappa shape index (κ3) is 9.42. The van der Waals surface area contributed by atoms with E-state index in [9.17, 15) is 0 Å². The van der Waals surface area contributed by atoms with Crippen LogP contribution in [0.5, 0.6) is 0 Å². The van der Waals surface area contributed by atoms with Gasteiger partial charge in [-0.2, -0.15) is 0 Å². The highest BCUT2D eigenvalue weighted by Crippen LogP contribution is 2.19. The molecule has 1 aliphatic heterocycles. The molecule has 1 saturated carbocycles. The van der Waals surface area contributed by atoms with Crippen LogP contribution in [-0.4, -0.2) is 65.2 Å². The predicted octanol–water partition coefficient (Wildman–Crippen LogP) is 2.33. The molecule has 1 aliphatic carbocycles. The largest absolute Gasteiger partial charge is 0.381 e. The van der Waals surface area contributed by atoms with Crippen LogP contribution in [0.4, 0.5) is 0 Å². The lowest BCUT2D eigenvalue weighted by atomic mass is 10.1. The zero-order chi connectivity index (χ0) is 17.6. The molecule has 0 aromatic carbocycles. The van der Waals surface area contributed by atoms with Gasteiger partial charge in [0.2, 0.25) is 0 Å². The minimum atomic E-state index is 0.460. The highest BCUT2D eigenvalue weighted by Gasteiger charge is 2.15. The van der Waals surface area contributed by atoms with E-state index in [0.717, 1.165) is 64.9 Å². The Morgan fingerprint density at radius 3 is 2.56 bits per heavy atom. The van der Waals surface area contributed by atoms with Crippen molar-refractivity contribution in [2.24, 2.45) is 10.9 Å². The second-order valence-corrected chi connectivity index (χ2v) is 7.07. The molecule has 0 aromatic rings. The molecular weight excluding hydrogens is 318 g/mol. The van der Waals surface area contributed by atoms with Crippen LogP contribution in [0.1, 0.15) is 51.4 Å². The lowest BCUT2D eigenvalue weighted by Crippen LogP contribution is -2.40. The van der Waals surface area contributed by atoms with Crippen molar-refractivity contribution >= 4 is 5.96 Å². The Bertz CT molecular complexity index is 352. The van der Waals surface area contributed by atoms with Gasteiger partial charge >= 0.3 is 0 Å². The molecule has 146 valence electrons. The molecule has 1 heterocycles. The summed E-state index contributed by atoms with van der Waals surface area (Å²) >= 11 is 0. The van der Waals surface area contributed by atoms with Crippen molar-refractivity contribution in [2.75, 3.05) is 53.2 Å². The maximum atomic E-state index is 5.99. The quantitative estimate of drug-likeness (QED) is 0.273. The Morgan fingerprint density at radius 1 is 1.04 bits per heavy atom. The van der Waals surface area contributed by atoms with Gasteiger partial charge in [-0.05, 0) is 25.7 Å². The number of ether oxygens (including phenoxy) is 3. The van der Waals surface area contributed by atoms with Gasteiger partial charge in [0, 0.05) is 39.3 Å². The average Bonchev–Trinajstić information content (AvgIpc) is 3.02. The minimum absolute atomic E-state index is 0.460. The summed E-state index contributed by atoms with van der Waals surface area (Å²) in [5.41, 5.74) is 0. The molecule has 1 atom stereocenters. The van der Waals surface area contributed by atoms with Crippen molar-refractivity contribution in [3.63, 3.8) is 0 Å². The van der Waals surface area contributed by atoms with Crippen molar-refractivity contribution in [1.29, 1.82) is 0 Å². The van der Waals surface area contributed by atoms with Crippen LogP contribution in [0.3, 0.4) is 0 Å². The van der Waals surface area contributed by atoms with Gasteiger partial charge in [-0.15, -0.1) is 0 Å². The molecule has 0 bridgehead atoms. The number of hydrogen-bond donors (Lipinski definition) is 2. The summed E-state index contributed by atoms with van der Waals surface area (Å²) in [5, 5.41) is 6.64. The molecule has 25 heavy (non-hydrogen) atoms. The van der Waals surface area contributed by atoms with Crippen LogP contribution in [0, 0.1) is 5.92 Å². The molecule has 6 nitrogen and oxygen atoms in total. The van der Waals surface area contributed by atoms with Crippen LogP contribution in [0.2, 0.25) is 0 Å². The van der Waals surface area contributed by atoms with Gasteiger partial charge in [0.25, 0.3) is 0 Å². The van der Waals surface area contributed by atoms with E-state index in [2.05, 4.69) is 15.6 Å². The molecule has 0 spiro atoms. The van der Waals surface area contributed by atoms with E-state index < -0.39 is 0 Å². The SMILES string of the molecule is CN=C(NCCCOCC1CCOC1)NCCOC1CCCCCC1. The molecule has 1 unspecified atom stereocenters. The van der Waals surface area contributed by atoms with Gasteiger partial charge in [-0.25, -0.2) is 0 Å². The van der Waals surface area contributed by atoms with E-state index in [1.54, 1.807) is 7.05 Å². The fourth-order valence-corrected chi connectivity index (χ4v) is 3.37. The van der Waals surface area contributed by atoms with E-state index in [1.165, 1.54) is 38.5 Å². The van der Waals surface area contributed by atoms with Gasteiger partial charge in [0.05, 0.1) is 25.9 Å². The van der Waals surface area contributed by atoms with Gasteiger partial charge in [-0.3, -0.25) is 4.99 Å². The number of aliphatic imine (C=N–C) groups is 1. The number of rotatable bonds is 10. The maximum Gasteiger partial charge on any atom is 0.191 e. The highest BCUT2D eigenvalue weighted by atomic mass is 16.5. The molecule has 2 aliphatic rings. The molecule has 6 heteroatoms. The molecule has 2 fully saturated rings. The molecule has 0 aromatic heterocycles. The molecule has 0 amide bonds. The van der Waals surface area contributed by atoms with Crippen molar-refractivity contribution in [3.05, 3.63) is 0 Å². The summed E-state index contributed by atoms with van der Waals surface area (Å²) in [5.74, 6) is 1.43. The molecule has 1 saturated heterocycles. The average molecular weight is 356 g/mol. The lowest BCUT2D eigenvalue weighted by Gasteiger charge is -2.17. The van der Waals surface area contributed by atoms with Gasteiger partial charge in [-0.1, -0.05) is 25.7 Å². The summed E-state index contributed by atoms with van der Waals surface area (Å²) in [6, 6.07) is 0. The standard InChI is InChI=1S/C19H37N3O3/c1-20-19(21-10-6-12-23-15-17-9-13-24-16-17)22-11-14-25-18-7-4-2-3-5-8-18/h17-18H,2-16H2,1H3,(H2,20,21,22). The summed E-state index contributed by atoms with van der Waals surface area (Å²) in [6.07, 6.45) is 10.4. The van der Waals surface area contributed by atoms with E-state index >= 15 is 0 Å². The lowest BCUT2D eigenvalue weighted by molar-refractivity contribution is 0.0468. The smallest absolute Gasteiger partial charge is 0.191 e. The first-order valence-corrected chi connectivity index (χ1v) is 10.1. The Balaban J connectivity index is 1.42. The monoisotopic (exact) mass is 355 g/mol. The first kappa shape index (κ1) is 20.5. The van der Waals surface area contributed by atoms with Crippen molar-refractivity contribution in [3.8, 4) is 0 Å². The third-order valence-electron chi connectivity index (χ3n) is 4.91. The Kier molecular flexibility index (Phi) is 10.9. The van der Waals surface area contributed by atoms with Crippen LogP contribution in [-0.2, 0) is 14.2 Å². The zero-order valence-corrected chi connectivity index (χ0v) is 15.9. The highest BCUT2D eigenvalue weighted by molar-refractivity contribution is 5.79. The van der Waals surface area contributed by atoms with E-state index in [4.69, 9.17) is 14.2 Å². The van der Waals surface area contributed by atoms with Crippen LogP contribution >= 0.6 is 0 Å². The van der Waals surface area contributed by atoms with Crippen LogP contribution in [0.25, 0.3) is 0 Å². The van der Waals surface area contributed by atoms with E-state index in [1.807, 2.05) is 0 Å². The summed E-state index contributed by atoms with van der Waals surface area (Å²) in [7, 11) is 1.80. The number of nitrogens with zero attached hydrogens (tertiary/aromatic N) is 1. The van der Waals surface area contributed by atoms with Gasteiger partial charge in [0.15, 0.2) is 5.96 Å². The molecular formula is C19H37N3O3. The van der Waals surface area contributed by atoms with Crippen molar-refractivity contribution in [2.45, 2.75) is 57.5 Å². The number of nitrogens with one attached hydrogen (secondary N) is 2. The Labute approximate surface area is 153 Å². The Hall–Kier alpha value is -0.850. The summed E-state index contributed by atoms with van der Waals surface area (Å²) < 4.78 is 17.0. The van der Waals surface area contributed by atoms with Gasteiger partial charge < -0.3 is 24.8 Å². The van der Waals surface area contributed by atoms with Crippen LogP contribution < -0.4 is 10.6 Å². The second kappa shape index (κ2) is 13.4. The topological polar surface area (TPSA) is 64.1 Å². The van der Waals surface area contributed by atoms with E-state index in [-0.39, 0.29) is 0 Å². The number of guanidine groups is 1. The van der Waals surface area contributed by atoms with Gasteiger partial charge in [0.1, 0.15) is 0 Å². The minimum Gasteiger partial charge on any atom is -0.381 e. The normalized spacial score (nSPS) is 22.8.